The van der Waals surface area contributed by atoms with Crippen LogP contribution >= 0.6 is 0 Å². The Morgan fingerprint density at radius 2 is 1.51 bits per heavy atom. The second-order valence-corrected chi connectivity index (χ2v) is 9.65. The normalized spacial score (nSPS) is 15.7. The lowest BCUT2D eigenvalue weighted by Gasteiger charge is -2.39. The highest BCUT2D eigenvalue weighted by Crippen LogP contribution is 2.30. The molecule has 6 rings (SSSR count). The number of piperazine rings is 1. The molecule has 186 valence electrons. The fourth-order valence-corrected chi connectivity index (χ4v) is 5.25. The number of nitrogens with zero attached hydrogens (tertiary/aromatic N) is 7. The quantitative estimate of drug-likeness (QED) is 0.323. The molecule has 7 heteroatoms. The maximum absolute atomic E-state index is 4.58. The Hall–Kier alpha value is -3.94. The van der Waals surface area contributed by atoms with E-state index in [4.69, 9.17) is 0 Å². The van der Waals surface area contributed by atoms with Gasteiger partial charge in [-0.2, -0.15) is 0 Å². The van der Waals surface area contributed by atoms with Crippen molar-refractivity contribution in [3.8, 4) is 0 Å². The molecule has 0 spiro atoms. The van der Waals surface area contributed by atoms with Gasteiger partial charge in [0.15, 0.2) is 5.82 Å². The van der Waals surface area contributed by atoms with Gasteiger partial charge in [0.1, 0.15) is 0 Å². The van der Waals surface area contributed by atoms with Crippen LogP contribution in [-0.2, 0) is 19.5 Å². The minimum Gasteiger partial charge on any atom is -0.297 e. The van der Waals surface area contributed by atoms with Crippen LogP contribution in [0.25, 0.3) is 10.9 Å². The summed E-state index contributed by atoms with van der Waals surface area (Å²) < 4.78 is 1.99. The Kier molecular flexibility index (Phi) is 6.97. The zero-order chi connectivity index (χ0) is 24.9. The average molecular weight is 490 g/mol. The molecule has 0 aliphatic carbocycles. The molecule has 37 heavy (non-hydrogen) atoms. The molecule has 0 amide bonds. The summed E-state index contributed by atoms with van der Waals surface area (Å²) in [5, 5.41) is 14.2. The van der Waals surface area contributed by atoms with Gasteiger partial charge in [0.05, 0.1) is 11.6 Å². The Morgan fingerprint density at radius 3 is 2.30 bits per heavy atom. The summed E-state index contributed by atoms with van der Waals surface area (Å²) in [6.07, 6.45) is 2.73. The predicted molar refractivity (Wildman–Crippen MR) is 145 cm³/mol. The van der Waals surface area contributed by atoms with Crippen molar-refractivity contribution in [1.82, 2.24) is 35.0 Å². The van der Waals surface area contributed by atoms with E-state index in [1.54, 1.807) is 0 Å². The molecule has 0 saturated carbocycles. The minimum absolute atomic E-state index is 0.0192. The molecule has 1 aliphatic heterocycles. The third kappa shape index (κ3) is 5.43. The molecule has 1 fully saturated rings. The lowest BCUT2D eigenvalue weighted by atomic mass is 10.0. The van der Waals surface area contributed by atoms with Gasteiger partial charge in [0, 0.05) is 50.9 Å². The van der Waals surface area contributed by atoms with Gasteiger partial charge in [-0.05, 0) is 51.7 Å². The van der Waals surface area contributed by atoms with Crippen LogP contribution in [0.1, 0.15) is 28.6 Å². The number of aromatic nitrogens is 5. The number of hydrogen-bond donors (Lipinski definition) is 0. The highest BCUT2D eigenvalue weighted by Gasteiger charge is 2.30. The zero-order valence-corrected chi connectivity index (χ0v) is 20.9. The van der Waals surface area contributed by atoms with E-state index in [0.717, 1.165) is 62.4 Å². The van der Waals surface area contributed by atoms with Gasteiger partial charge in [0.2, 0.25) is 0 Å². The van der Waals surface area contributed by atoms with Crippen molar-refractivity contribution >= 4 is 10.9 Å². The van der Waals surface area contributed by atoms with E-state index in [1.165, 1.54) is 16.7 Å². The topological polar surface area (TPSA) is 63.0 Å². The van der Waals surface area contributed by atoms with Crippen molar-refractivity contribution in [2.24, 2.45) is 0 Å². The van der Waals surface area contributed by atoms with Crippen LogP contribution < -0.4 is 0 Å². The monoisotopic (exact) mass is 489 g/mol. The smallest absolute Gasteiger partial charge is 0.173 e. The summed E-state index contributed by atoms with van der Waals surface area (Å²) >= 11 is 0. The van der Waals surface area contributed by atoms with E-state index < -0.39 is 0 Å². The van der Waals surface area contributed by atoms with Crippen LogP contribution in [-0.4, -0.2) is 61.2 Å². The molecule has 1 atom stereocenters. The van der Waals surface area contributed by atoms with E-state index in [2.05, 4.69) is 109 Å². The van der Waals surface area contributed by atoms with Crippen molar-refractivity contribution in [2.75, 3.05) is 26.2 Å². The first-order valence-corrected chi connectivity index (χ1v) is 13.0. The van der Waals surface area contributed by atoms with Crippen molar-refractivity contribution < 1.29 is 0 Å². The molecule has 3 heterocycles. The average Bonchev–Trinajstić information content (AvgIpc) is 3.42. The summed E-state index contributed by atoms with van der Waals surface area (Å²) in [5.41, 5.74) is 4.85. The summed E-state index contributed by atoms with van der Waals surface area (Å²) in [7, 11) is 0. The molecule has 0 radical (unpaired) electrons. The fourth-order valence-electron chi connectivity index (χ4n) is 5.25. The van der Waals surface area contributed by atoms with E-state index in [-0.39, 0.29) is 6.04 Å². The van der Waals surface area contributed by atoms with Crippen LogP contribution in [0.15, 0.2) is 97.2 Å². The SMILES string of the molecule is c1ccc(CCn2nnnc2C(c2ccc3ncccc3c2)N2CCN(Cc3ccccc3)CC2)cc1. The molecule has 2 aromatic heterocycles. The molecule has 0 bridgehead atoms. The highest BCUT2D eigenvalue weighted by atomic mass is 15.6. The fraction of sp³-hybridized carbons (Fsp3) is 0.267. The van der Waals surface area contributed by atoms with Crippen molar-refractivity contribution in [2.45, 2.75) is 25.6 Å². The number of pyridine rings is 1. The molecule has 7 nitrogen and oxygen atoms in total. The summed E-state index contributed by atoms with van der Waals surface area (Å²) in [4.78, 5) is 9.59. The maximum Gasteiger partial charge on any atom is 0.173 e. The van der Waals surface area contributed by atoms with Gasteiger partial charge < -0.3 is 0 Å². The predicted octanol–water partition coefficient (Wildman–Crippen LogP) is 4.37. The van der Waals surface area contributed by atoms with Crippen LogP contribution in [0.2, 0.25) is 0 Å². The van der Waals surface area contributed by atoms with E-state index >= 15 is 0 Å². The Bertz CT molecular complexity index is 1430. The Labute approximate surface area is 217 Å². The largest absolute Gasteiger partial charge is 0.297 e. The van der Waals surface area contributed by atoms with E-state index in [1.807, 2.05) is 23.0 Å². The summed E-state index contributed by atoms with van der Waals surface area (Å²) in [6.45, 7) is 5.64. The molecule has 1 unspecified atom stereocenters. The van der Waals surface area contributed by atoms with Gasteiger partial charge in [-0.25, -0.2) is 4.68 Å². The molecule has 1 saturated heterocycles. The van der Waals surface area contributed by atoms with Crippen molar-refractivity contribution in [1.29, 1.82) is 0 Å². The standard InChI is InChI=1S/C30H31N7/c1-3-8-24(9-4-1)15-17-37-30(32-33-34-37)29(27-13-14-28-26(22-27)12-7-16-31-28)36-20-18-35(19-21-36)23-25-10-5-2-6-11-25/h1-14,16,22,29H,15,17-21,23H2. The molecular weight excluding hydrogens is 458 g/mol. The van der Waals surface area contributed by atoms with E-state index in [0.29, 0.717) is 0 Å². The highest BCUT2D eigenvalue weighted by molar-refractivity contribution is 5.79. The Balaban J connectivity index is 1.27. The van der Waals surface area contributed by atoms with Gasteiger partial charge in [-0.1, -0.05) is 72.8 Å². The third-order valence-corrected chi connectivity index (χ3v) is 7.22. The number of aryl methyl sites for hydroxylation is 2. The van der Waals surface area contributed by atoms with Crippen molar-refractivity contribution in [3.63, 3.8) is 0 Å². The van der Waals surface area contributed by atoms with E-state index in [9.17, 15) is 0 Å². The van der Waals surface area contributed by atoms with Crippen LogP contribution in [0.5, 0.6) is 0 Å². The lowest BCUT2D eigenvalue weighted by molar-refractivity contribution is 0.100. The van der Waals surface area contributed by atoms with Crippen LogP contribution in [0.4, 0.5) is 0 Å². The third-order valence-electron chi connectivity index (χ3n) is 7.22. The van der Waals surface area contributed by atoms with Crippen molar-refractivity contribution in [3.05, 3.63) is 120 Å². The molecule has 5 aromatic rings. The molecular formula is C30H31N7. The van der Waals surface area contributed by atoms with Crippen LogP contribution in [0, 0.1) is 0 Å². The Morgan fingerprint density at radius 1 is 0.757 bits per heavy atom. The molecule has 0 N–H and O–H groups in total. The first-order chi connectivity index (χ1) is 18.3. The number of fused-ring (bicyclic) bond motifs is 1. The number of hydrogen-bond acceptors (Lipinski definition) is 6. The summed E-state index contributed by atoms with van der Waals surface area (Å²) in [6, 6.07) is 31.9. The number of tetrazole rings is 1. The molecule has 1 aliphatic rings. The number of benzene rings is 3. The van der Waals surface area contributed by atoms with Gasteiger partial charge in [0.25, 0.3) is 0 Å². The maximum atomic E-state index is 4.58. The minimum atomic E-state index is -0.0192. The lowest BCUT2D eigenvalue weighted by Crippen LogP contribution is -2.48. The van der Waals surface area contributed by atoms with Gasteiger partial charge in [-0.3, -0.25) is 14.8 Å². The second kappa shape index (κ2) is 11.0. The number of rotatable bonds is 8. The van der Waals surface area contributed by atoms with Crippen LogP contribution in [0.3, 0.4) is 0 Å². The first-order valence-electron chi connectivity index (χ1n) is 13.0. The van der Waals surface area contributed by atoms with Gasteiger partial charge in [-0.15, -0.1) is 5.10 Å². The second-order valence-electron chi connectivity index (χ2n) is 9.65. The zero-order valence-electron chi connectivity index (χ0n) is 20.9. The first kappa shape index (κ1) is 23.5. The van der Waals surface area contributed by atoms with Gasteiger partial charge >= 0.3 is 0 Å². The summed E-state index contributed by atoms with van der Waals surface area (Å²) in [5.74, 6) is 0.899. The molecule has 3 aromatic carbocycles.